The summed E-state index contributed by atoms with van der Waals surface area (Å²) >= 11 is 0. The van der Waals surface area contributed by atoms with Crippen molar-refractivity contribution in [2.24, 2.45) is 0 Å². The van der Waals surface area contributed by atoms with E-state index in [1.807, 2.05) is 0 Å². The Hall–Kier alpha value is -1.61. The summed E-state index contributed by atoms with van der Waals surface area (Å²) in [6.07, 6.45) is 3.30. The van der Waals surface area contributed by atoms with Crippen LogP contribution in [0.5, 0.6) is 0 Å². The van der Waals surface area contributed by atoms with Gasteiger partial charge in [-0.25, -0.2) is 0 Å². The topological polar surface area (TPSA) is 29.9 Å². The van der Waals surface area contributed by atoms with E-state index in [9.17, 15) is 0 Å². The van der Waals surface area contributed by atoms with Crippen molar-refractivity contribution in [1.29, 1.82) is 0 Å². The molecule has 2 rings (SSSR count). The molecule has 0 spiro atoms. The molecule has 0 aliphatic rings. The van der Waals surface area contributed by atoms with Crippen LogP contribution in [0.25, 0.3) is 0 Å². The molecule has 0 saturated carbocycles. The molecule has 21 heavy (non-hydrogen) atoms. The van der Waals surface area contributed by atoms with Crippen molar-refractivity contribution in [2.45, 2.75) is 52.6 Å². The molecule has 0 aliphatic heterocycles. The number of aromatic nitrogens is 2. The Bertz CT molecular complexity index is 572. The molecule has 0 saturated heterocycles. The molecule has 3 heteroatoms. The van der Waals surface area contributed by atoms with Gasteiger partial charge in [-0.1, -0.05) is 29.8 Å². The lowest BCUT2D eigenvalue weighted by atomic mass is 10.0. The Labute approximate surface area is 128 Å². The summed E-state index contributed by atoms with van der Waals surface area (Å²) in [7, 11) is 2.06. The fraction of sp³-hybridized carbons (Fsp3) is 0.500. The van der Waals surface area contributed by atoms with Crippen LogP contribution >= 0.6 is 0 Å². The average Bonchev–Trinajstić information content (AvgIpc) is 2.83. The van der Waals surface area contributed by atoms with Gasteiger partial charge in [0, 0.05) is 24.7 Å². The van der Waals surface area contributed by atoms with Gasteiger partial charge >= 0.3 is 0 Å². The zero-order chi connectivity index (χ0) is 15.2. The smallest absolute Gasteiger partial charge is 0.0596 e. The number of rotatable bonds is 7. The highest BCUT2D eigenvalue weighted by atomic mass is 15.3. The van der Waals surface area contributed by atoms with Gasteiger partial charge in [-0.3, -0.25) is 4.68 Å². The number of nitrogens with zero attached hydrogens (tertiary/aromatic N) is 2. The second-order valence-corrected chi connectivity index (χ2v) is 5.81. The highest BCUT2D eigenvalue weighted by Gasteiger charge is 2.12. The molecule has 1 atom stereocenters. The van der Waals surface area contributed by atoms with E-state index >= 15 is 0 Å². The quantitative estimate of drug-likeness (QED) is 0.846. The predicted octanol–water partition coefficient (Wildman–Crippen LogP) is 3.28. The third-order valence-corrected chi connectivity index (χ3v) is 4.01. The first-order valence-corrected chi connectivity index (χ1v) is 7.88. The molecule has 1 N–H and O–H groups in total. The number of hydrogen-bond donors (Lipinski definition) is 1. The Balaban J connectivity index is 1.96. The molecule has 0 amide bonds. The number of likely N-dealkylation sites (N-methyl/N-ethyl adjacent to an activating group) is 1. The van der Waals surface area contributed by atoms with Gasteiger partial charge in [-0.15, -0.1) is 0 Å². The molecule has 114 valence electrons. The van der Waals surface area contributed by atoms with Gasteiger partial charge in [-0.2, -0.15) is 5.10 Å². The predicted molar refractivity (Wildman–Crippen MR) is 88.7 cm³/mol. The van der Waals surface area contributed by atoms with Crippen molar-refractivity contribution in [1.82, 2.24) is 15.1 Å². The van der Waals surface area contributed by atoms with Crippen molar-refractivity contribution >= 4 is 0 Å². The Morgan fingerprint density at radius 2 is 2.05 bits per heavy atom. The van der Waals surface area contributed by atoms with E-state index in [-0.39, 0.29) is 0 Å². The third kappa shape index (κ3) is 4.43. The maximum Gasteiger partial charge on any atom is 0.0596 e. The molecule has 2 aromatic rings. The van der Waals surface area contributed by atoms with Gasteiger partial charge in [0.1, 0.15) is 0 Å². The fourth-order valence-electron chi connectivity index (χ4n) is 2.85. The summed E-state index contributed by atoms with van der Waals surface area (Å²) in [5.74, 6) is 0. The van der Waals surface area contributed by atoms with Gasteiger partial charge in [-0.05, 0) is 52.3 Å². The van der Waals surface area contributed by atoms with Crippen LogP contribution in [-0.4, -0.2) is 22.9 Å². The van der Waals surface area contributed by atoms with Gasteiger partial charge in [0.15, 0.2) is 0 Å². The molecule has 1 unspecified atom stereocenters. The largest absolute Gasteiger partial charge is 0.317 e. The average molecular weight is 285 g/mol. The van der Waals surface area contributed by atoms with Crippen molar-refractivity contribution in [2.75, 3.05) is 7.05 Å². The lowest BCUT2D eigenvalue weighted by Crippen LogP contribution is -2.29. The standard InChI is InChI=1S/C18H27N3/c1-5-21-18(12-15(3)20-21)13-17(19-4)10-9-16-8-6-7-14(2)11-16/h6-8,11-12,17,19H,5,9-10,13H2,1-4H3. The van der Waals surface area contributed by atoms with Crippen LogP contribution in [0.15, 0.2) is 30.3 Å². The lowest BCUT2D eigenvalue weighted by molar-refractivity contribution is 0.494. The summed E-state index contributed by atoms with van der Waals surface area (Å²) in [6, 6.07) is 11.5. The minimum Gasteiger partial charge on any atom is -0.317 e. The van der Waals surface area contributed by atoms with E-state index < -0.39 is 0 Å². The molecular formula is C18H27N3. The van der Waals surface area contributed by atoms with Crippen LogP contribution in [0.3, 0.4) is 0 Å². The number of hydrogen-bond acceptors (Lipinski definition) is 2. The number of nitrogens with one attached hydrogen (secondary N) is 1. The first kappa shape index (κ1) is 15.8. The molecule has 3 nitrogen and oxygen atoms in total. The van der Waals surface area contributed by atoms with Crippen molar-refractivity contribution in [3.05, 3.63) is 52.8 Å². The highest BCUT2D eigenvalue weighted by Crippen LogP contribution is 2.12. The van der Waals surface area contributed by atoms with E-state index in [0.717, 1.165) is 31.5 Å². The van der Waals surface area contributed by atoms with Crippen molar-refractivity contribution in [3.8, 4) is 0 Å². The minimum atomic E-state index is 0.493. The third-order valence-electron chi connectivity index (χ3n) is 4.01. The summed E-state index contributed by atoms with van der Waals surface area (Å²) in [5.41, 5.74) is 5.21. The van der Waals surface area contributed by atoms with E-state index in [2.05, 4.69) is 73.2 Å². The normalized spacial score (nSPS) is 12.6. The maximum atomic E-state index is 4.54. The molecule has 1 aromatic heterocycles. The molecule has 1 heterocycles. The highest BCUT2D eigenvalue weighted by molar-refractivity contribution is 5.22. The van der Waals surface area contributed by atoms with E-state index in [4.69, 9.17) is 0 Å². The molecule has 1 aromatic carbocycles. The first-order chi connectivity index (χ1) is 10.1. The second-order valence-electron chi connectivity index (χ2n) is 5.81. The van der Waals surface area contributed by atoms with E-state index in [1.165, 1.54) is 16.8 Å². The van der Waals surface area contributed by atoms with Crippen molar-refractivity contribution < 1.29 is 0 Å². The van der Waals surface area contributed by atoms with Gasteiger partial charge in [0.2, 0.25) is 0 Å². The molecular weight excluding hydrogens is 258 g/mol. The zero-order valence-electron chi connectivity index (χ0n) is 13.7. The van der Waals surface area contributed by atoms with Gasteiger partial charge in [0.05, 0.1) is 5.69 Å². The minimum absolute atomic E-state index is 0.493. The summed E-state index contributed by atoms with van der Waals surface area (Å²) < 4.78 is 2.12. The van der Waals surface area contributed by atoms with Crippen LogP contribution in [0.4, 0.5) is 0 Å². The van der Waals surface area contributed by atoms with Crippen LogP contribution in [0.2, 0.25) is 0 Å². The van der Waals surface area contributed by atoms with Gasteiger partial charge < -0.3 is 5.32 Å². The Morgan fingerprint density at radius 1 is 1.24 bits per heavy atom. The Kier molecular flexibility index (Phi) is 5.57. The lowest BCUT2D eigenvalue weighted by Gasteiger charge is -2.17. The van der Waals surface area contributed by atoms with Gasteiger partial charge in [0.25, 0.3) is 0 Å². The molecule has 0 aliphatic carbocycles. The summed E-state index contributed by atoms with van der Waals surface area (Å²) in [5, 5.41) is 7.99. The van der Waals surface area contributed by atoms with E-state index in [1.54, 1.807) is 0 Å². The summed E-state index contributed by atoms with van der Waals surface area (Å²) in [6.45, 7) is 7.31. The molecule has 0 bridgehead atoms. The number of aryl methyl sites for hydroxylation is 4. The monoisotopic (exact) mass is 285 g/mol. The van der Waals surface area contributed by atoms with Crippen LogP contribution in [0, 0.1) is 13.8 Å². The second kappa shape index (κ2) is 7.41. The fourth-order valence-corrected chi connectivity index (χ4v) is 2.85. The van der Waals surface area contributed by atoms with Crippen molar-refractivity contribution in [3.63, 3.8) is 0 Å². The van der Waals surface area contributed by atoms with Crippen LogP contribution < -0.4 is 5.32 Å². The Morgan fingerprint density at radius 3 is 2.71 bits per heavy atom. The van der Waals surface area contributed by atoms with Crippen LogP contribution in [0.1, 0.15) is 35.9 Å². The first-order valence-electron chi connectivity index (χ1n) is 7.88. The summed E-state index contributed by atoms with van der Waals surface area (Å²) in [4.78, 5) is 0. The van der Waals surface area contributed by atoms with E-state index in [0.29, 0.717) is 6.04 Å². The zero-order valence-corrected chi connectivity index (χ0v) is 13.7. The molecule has 0 fully saturated rings. The maximum absolute atomic E-state index is 4.54. The molecule has 0 radical (unpaired) electrons. The number of benzene rings is 1. The SMILES string of the molecule is CCn1nc(C)cc1CC(CCc1cccc(C)c1)NC. The van der Waals surface area contributed by atoms with Crippen LogP contribution in [-0.2, 0) is 19.4 Å².